The molecule has 0 aliphatic rings. The van der Waals surface area contributed by atoms with Crippen LogP contribution in [0.4, 0.5) is 15.8 Å². The van der Waals surface area contributed by atoms with Crippen LogP contribution in [0.5, 0.6) is 0 Å². The maximum Gasteiger partial charge on any atom is 0.221 e. The number of carbonyl (C=O) groups is 1. The van der Waals surface area contributed by atoms with Crippen LogP contribution in [-0.2, 0) is 4.79 Å². The Bertz CT molecular complexity index is 432. The maximum atomic E-state index is 13.4. The summed E-state index contributed by atoms with van der Waals surface area (Å²) in [5, 5.41) is 5.71. The molecular formula is C14H19FN2O. The minimum Gasteiger partial charge on any atom is -0.383 e. The third-order valence-electron chi connectivity index (χ3n) is 2.49. The molecule has 2 N–H and O–H groups in total. The van der Waals surface area contributed by atoms with Crippen LogP contribution in [-0.4, -0.2) is 11.9 Å². The van der Waals surface area contributed by atoms with Gasteiger partial charge in [0.25, 0.3) is 0 Å². The number of anilines is 2. The molecule has 0 saturated carbocycles. The first-order valence-corrected chi connectivity index (χ1v) is 5.97. The lowest BCUT2D eigenvalue weighted by atomic mass is 10.1. The van der Waals surface area contributed by atoms with Crippen LogP contribution in [0.15, 0.2) is 30.9 Å². The highest BCUT2D eigenvalue weighted by atomic mass is 19.1. The summed E-state index contributed by atoms with van der Waals surface area (Å²) in [4.78, 5) is 10.9. The Kier molecular flexibility index (Phi) is 5.36. The van der Waals surface area contributed by atoms with E-state index in [1.165, 1.54) is 13.0 Å². The average molecular weight is 250 g/mol. The predicted molar refractivity (Wildman–Crippen MR) is 73.2 cm³/mol. The number of benzene rings is 1. The first-order valence-electron chi connectivity index (χ1n) is 5.97. The molecule has 0 spiro atoms. The summed E-state index contributed by atoms with van der Waals surface area (Å²) in [6, 6.07) is 4.86. The monoisotopic (exact) mass is 250 g/mol. The van der Waals surface area contributed by atoms with Crippen LogP contribution in [0, 0.1) is 5.82 Å². The van der Waals surface area contributed by atoms with Crippen LogP contribution in [0.3, 0.4) is 0 Å². The number of amides is 1. The van der Waals surface area contributed by atoms with E-state index in [-0.39, 0.29) is 17.6 Å². The van der Waals surface area contributed by atoms with Crippen molar-refractivity contribution in [2.45, 2.75) is 32.7 Å². The molecule has 0 aromatic heterocycles. The number of halogens is 1. The maximum absolute atomic E-state index is 13.4. The van der Waals surface area contributed by atoms with Crippen molar-refractivity contribution in [2.75, 3.05) is 10.6 Å². The lowest BCUT2D eigenvalue weighted by Gasteiger charge is -2.15. The van der Waals surface area contributed by atoms with Crippen LogP contribution in [0.25, 0.3) is 0 Å². The van der Waals surface area contributed by atoms with E-state index in [1.807, 2.05) is 13.0 Å². The number of rotatable bonds is 6. The van der Waals surface area contributed by atoms with E-state index in [0.29, 0.717) is 0 Å². The standard InChI is InChI=1S/C14H19FN2O/c1-4-5-6-10(2)16-12-7-8-13(15)14(9-12)17-11(3)18/h4,7-10,16H,1,5-6H2,2-3H3,(H,17,18)/t10-/m0/s1. The molecule has 1 rings (SSSR count). The molecule has 3 nitrogen and oxygen atoms in total. The van der Waals surface area contributed by atoms with E-state index >= 15 is 0 Å². The van der Waals surface area contributed by atoms with Gasteiger partial charge in [0.1, 0.15) is 5.82 Å². The Hall–Kier alpha value is -1.84. The minimum absolute atomic E-state index is 0.198. The lowest BCUT2D eigenvalue weighted by Crippen LogP contribution is -2.15. The molecule has 0 aliphatic carbocycles. The number of nitrogens with one attached hydrogen (secondary N) is 2. The van der Waals surface area contributed by atoms with Gasteiger partial charge >= 0.3 is 0 Å². The molecule has 18 heavy (non-hydrogen) atoms. The second kappa shape index (κ2) is 6.79. The van der Waals surface area contributed by atoms with Crippen LogP contribution < -0.4 is 10.6 Å². The van der Waals surface area contributed by atoms with Crippen molar-refractivity contribution < 1.29 is 9.18 Å². The molecule has 1 amide bonds. The smallest absolute Gasteiger partial charge is 0.221 e. The summed E-state index contributed by atoms with van der Waals surface area (Å²) in [5.41, 5.74) is 0.986. The van der Waals surface area contributed by atoms with Gasteiger partial charge in [0.05, 0.1) is 5.69 Å². The lowest BCUT2D eigenvalue weighted by molar-refractivity contribution is -0.114. The molecule has 0 aliphatic heterocycles. The van der Waals surface area contributed by atoms with Crippen molar-refractivity contribution in [3.8, 4) is 0 Å². The first-order chi connectivity index (χ1) is 8.52. The predicted octanol–water partition coefficient (Wildman–Crippen LogP) is 3.55. The van der Waals surface area contributed by atoms with Crippen LogP contribution in [0.1, 0.15) is 26.7 Å². The van der Waals surface area contributed by atoms with E-state index in [1.54, 1.807) is 12.1 Å². The third kappa shape index (κ3) is 4.57. The van der Waals surface area contributed by atoms with Crippen molar-refractivity contribution in [1.29, 1.82) is 0 Å². The highest BCUT2D eigenvalue weighted by Gasteiger charge is 2.07. The molecule has 0 saturated heterocycles. The Morgan fingerprint density at radius 2 is 2.28 bits per heavy atom. The van der Waals surface area contributed by atoms with Gasteiger partial charge in [-0.3, -0.25) is 4.79 Å². The molecule has 0 bridgehead atoms. The molecule has 0 unspecified atom stereocenters. The molecule has 0 fully saturated rings. The zero-order chi connectivity index (χ0) is 13.5. The van der Waals surface area contributed by atoms with Crippen molar-refractivity contribution in [1.82, 2.24) is 0 Å². The van der Waals surface area contributed by atoms with Gasteiger partial charge in [-0.25, -0.2) is 4.39 Å². The van der Waals surface area contributed by atoms with E-state index in [0.717, 1.165) is 18.5 Å². The largest absolute Gasteiger partial charge is 0.383 e. The first kappa shape index (κ1) is 14.2. The van der Waals surface area contributed by atoms with Gasteiger partial charge in [-0.1, -0.05) is 6.08 Å². The van der Waals surface area contributed by atoms with E-state index in [2.05, 4.69) is 17.2 Å². The van der Waals surface area contributed by atoms with Gasteiger partial charge < -0.3 is 10.6 Å². The summed E-state index contributed by atoms with van der Waals surface area (Å²) in [6.45, 7) is 7.07. The fourth-order valence-corrected chi connectivity index (χ4v) is 1.63. The number of carbonyl (C=O) groups excluding carboxylic acids is 1. The molecule has 1 atom stereocenters. The zero-order valence-corrected chi connectivity index (χ0v) is 10.8. The number of hydrogen-bond acceptors (Lipinski definition) is 2. The third-order valence-corrected chi connectivity index (χ3v) is 2.49. The Balaban J connectivity index is 2.71. The van der Waals surface area contributed by atoms with Gasteiger partial charge in [-0.05, 0) is 38.0 Å². The summed E-state index contributed by atoms with van der Waals surface area (Å²) in [6.07, 6.45) is 3.75. The van der Waals surface area contributed by atoms with Crippen molar-refractivity contribution in [3.05, 3.63) is 36.7 Å². The van der Waals surface area contributed by atoms with Gasteiger partial charge in [-0.15, -0.1) is 6.58 Å². The summed E-state index contributed by atoms with van der Waals surface area (Å²) in [7, 11) is 0. The second-order valence-electron chi connectivity index (χ2n) is 4.29. The van der Waals surface area contributed by atoms with E-state index < -0.39 is 5.82 Å². The number of allylic oxidation sites excluding steroid dienone is 1. The van der Waals surface area contributed by atoms with Crippen LogP contribution in [0.2, 0.25) is 0 Å². The summed E-state index contributed by atoms with van der Waals surface area (Å²) in [5.74, 6) is -0.722. The quantitative estimate of drug-likeness (QED) is 0.758. The van der Waals surface area contributed by atoms with Gasteiger partial charge in [-0.2, -0.15) is 0 Å². The topological polar surface area (TPSA) is 41.1 Å². The Labute approximate surface area is 107 Å². The molecular weight excluding hydrogens is 231 g/mol. The molecule has 1 aromatic carbocycles. The van der Waals surface area contributed by atoms with Crippen molar-refractivity contribution >= 4 is 17.3 Å². The molecule has 1 aromatic rings. The van der Waals surface area contributed by atoms with E-state index in [4.69, 9.17) is 0 Å². The van der Waals surface area contributed by atoms with Gasteiger partial charge in [0.15, 0.2) is 0 Å². The molecule has 0 heterocycles. The van der Waals surface area contributed by atoms with Gasteiger partial charge in [0, 0.05) is 18.7 Å². The summed E-state index contributed by atoms with van der Waals surface area (Å²) < 4.78 is 13.4. The fourth-order valence-electron chi connectivity index (χ4n) is 1.63. The Morgan fingerprint density at radius 1 is 1.56 bits per heavy atom. The fraction of sp³-hybridized carbons (Fsp3) is 0.357. The molecule has 0 radical (unpaired) electrons. The van der Waals surface area contributed by atoms with E-state index in [9.17, 15) is 9.18 Å². The highest BCUT2D eigenvalue weighted by Crippen LogP contribution is 2.20. The van der Waals surface area contributed by atoms with Gasteiger partial charge in [0.2, 0.25) is 5.91 Å². The SMILES string of the molecule is C=CCC[C@H](C)Nc1ccc(F)c(NC(C)=O)c1. The molecule has 98 valence electrons. The number of hydrogen-bond donors (Lipinski definition) is 2. The van der Waals surface area contributed by atoms with Crippen molar-refractivity contribution in [3.63, 3.8) is 0 Å². The van der Waals surface area contributed by atoms with Crippen molar-refractivity contribution in [2.24, 2.45) is 0 Å². The second-order valence-corrected chi connectivity index (χ2v) is 4.29. The average Bonchev–Trinajstić information content (AvgIpc) is 2.30. The summed E-state index contributed by atoms with van der Waals surface area (Å²) >= 11 is 0. The zero-order valence-electron chi connectivity index (χ0n) is 10.8. The normalized spacial score (nSPS) is 11.7. The minimum atomic E-state index is -0.436. The van der Waals surface area contributed by atoms with Crippen LogP contribution >= 0.6 is 0 Å². The Morgan fingerprint density at radius 3 is 2.89 bits per heavy atom. The molecule has 4 heteroatoms. The highest BCUT2D eigenvalue weighted by molar-refractivity contribution is 5.89.